The van der Waals surface area contributed by atoms with Crippen LogP contribution >= 0.6 is 0 Å². The normalized spacial score (nSPS) is 43.0. The van der Waals surface area contributed by atoms with Crippen LogP contribution in [-0.2, 0) is 9.47 Å². The fourth-order valence-corrected chi connectivity index (χ4v) is 8.20. The average Bonchev–Trinajstić information content (AvgIpc) is 3.26. The van der Waals surface area contributed by atoms with Crippen LogP contribution in [0.2, 0.25) is 0 Å². The molecule has 1 saturated heterocycles. The summed E-state index contributed by atoms with van der Waals surface area (Å²) < 4.78 is 11.5. The molecule has 4 aliphatic rings. The Morgan fingerprint density at radius 1 is 1.12 bits per heavy atom. The Bertz CT molecular complexity index is 967. The van der Waals surface area contributed by atoms with E-state index in [-0.39, 0.29) is 11.8 Å². The molecule has 11 atom stereocenters. The third-order valence-corrected chi connectivity index (χ3v) is 10.6. The Morgan fingerprint density at radius 3 is 2.54 bits per heavy atom. The van der Waals surface area contributed by atoms with E-state index in [0.717, 1.165) is 31.3 Å². The summed E-state index contributed by atoms with van der Waals surface area (Å²) in [7, 11) is 0. The first kappa shape index (κ1) is 32.8. The third-order valence-electron chi connectivity index (χ3n) is 10.6. The molecule has 0 unspecified atom stereocenters. The van der Waals surface area contributed by atoms with Gasteiger partial charge in [0.2, 0.25) is 0 Å². The van der Waals surface area contributed by atoms with Crippen molar-refractivity contribution in [2.45, 2.75) is 140 Å². The van der Waals surface area contributed by atoms with Gasteiger partial charge >= 0.3 is 0 Å². The Hall–Kier alpha value is -1.10. The Morgan fingerprint density at radius 2 is 1.85 bits per heavy atom. The summed E-state index contributed by atoms with van der Waals surface area (Å²) in [6, 6.07) is 0. The van der Waals surface area contributed by atoms with Gasteiger partial charge in [0.05, 0.1) is 24.4 Å². The van der Waals surface area contributed by atoms with Crippen molar-refractivity contribution in [3.63, 3.8) is 0 Å². The van der Waals surface area contributed by atoms with E-state index in [4.69, 9.17) is 9.47 Å². The summed E-state index contributed by atoms with van der Waals surface area (Å²) in [5.74, 6) is 1.84. The van der Waals surface area contributed by atoms with Crippen molar-refractivity contribution in [3.05, 3.63) is 35.5 Å². The van der Waals surface area contributed by atoms with Crippen LogP contribution in [0.25, 0.3) is 0 Å². The lowest BCUT2D eigenvalue weighted by Crippen LogP contribution is -2.60. The molecule has 0 aromatic carbocycles. The minimum absolute atomic E-state index is 0.272. The molecule has 4 fully saturated rings. The van der Waals surface area contributed by atoms with Gasteiger partial charge in [-0.25, -0.2) is 0 Å². The molecule has 1 aliphatic heterocycles. The molecule has 6 N–H and O–H groups in total. The summed E-state index contributed by atoms with van der Waals surface area (Å²) in [5.41, 5.74) is 2.73. The van der Waals surface area contributed by atoms with Gasteiger partial charge < -0.3 is 40.1 Å². The zero-order valence-electron chi connectivity index (χ0n) is 25.4. The highest BCUT2D eigenvalue weighted by molar-refractivity contribution is 5.39. The van der Waals surface area contributed by atoms with Crippen molar-refractivity contribution in [1.29, 1.82) is 0 Å². The fourth-order valence-electron chi connectivity index (χ4n) is 8.20. The predicted molar refractivity (Wildman–Crippen MR) is 157 cm³/mol. The highest BCUT2D eigenvalue weighted by Gasteiger charge is 2.50. The highest BCUT2D eigenvalue weighted by atomic mass is 16.7. The summed E-state index contributed by atoms with van der Waals surface area (Å²) in [6.07, 6.45) is 5.91. The number of aliphatic hydroxyl groups excluding tert-OH is 5. The minimum atomic E-state index is -1.52. The highest BCUT2D eigenvalue weighted by Crippen LogP contribution is 2.60. The van der Waals surface area contributed by atoms with Crippen LogP contribution < -0.4 is 0 Å². The van der Waals surface area contributed by atoms with Crippen LogP contribution in [0, 0.1) is 23.2 Å². The number of ether oxygens (including phenoxy) is 2. The quantitative estimate of drug-likeness (QED) is 0.244. The second-order valence-electron chi connectivity index (χ2n) is 14.2. The van der Waals surface area contributed by atoms with Gasteiger partial charge in [0, 0.05) is 6.42 Å². The molecule has 3 saturated carbocycles. The largest absolute Gasteiger partial charge is 0.394 e. The zero-order valence-corrected chi connectivity index (χ0v) is 25.4. The van der Waals surface area contributed by atoms with Gasteiger partial charge in [-0.05, 0) is 93.1 Å². The lowest BCUT2D eigenvalue weighted by atomic mass is 9.60. The lowest BCUT2D eigenvalue weighted by Gasteiger charge is -2.44. The first-order chi connectivity index (χ1) is 19.2. The second-order valence-corrected chi connectivity index (χ2v) is 14.2. The first-order valence-corrected chi connectivity index (χ1v) is 15.7. The number of hydrogen-bond donors (Lipinski definition) is 6. The molecule has 8 heteroatoms. The molecule has 0 bridgehead atoms. The number of hydrogen-bond acceptors (Lipinski definition) is 8. The summed E-state index contributed by atoms with van der Waals surface area (Å²) in [6.45, 7) is 12.4. The molecule has 41 heavy (non-hydrogen) atoms. The van der Waals surface area contributed by atoms with Crippen LogP contribution in [-0.4, -0.2) is 85.8 Å². The van der Waals surface area contributed by atoms with Crippen LogP contribution in [0.3, 0.4) is 0 Å². The molecule has 0 aromatic heterocycles. The molecule has 0 amide bonds. The van der Waals surface area contributed by atoms with Crippen molar-refractivity contribution in [2.24, 2.45) is 23.2 Å². The molecule has 8 nitrogen and oxygen atoms in total. The molecule has 3 aliphatic carbocycles. The fraction of sp³-hybridized carbons (Fsp3) is 0.818. The van der Waals surface area contributed by atoms with Gasteiger partial charge in [-0.1, -0.05) is 51.0 Å². The first-order valence-electron chi connectivity index (χ1n) is 15.7. The van der Waals surface area contributed by atoms with Crippen LogP contribution in [0.15, 0.2) is 35.5 Å². The summed E-state index contributed by atoms with van der Waals surface area (Å²) in [5, 5.41) is 61.0. The van der Waals surface area contributed by atoms with Gasteiger partial charge in [0.25, 0.3) is 0 Å². The van der Waals surface area contributed by atoms with Crippen molar-refractivity contribution >= 4 is 0 Å². The van der Waals surface area contributed by atoms with Crippen LogP contribution in [0.1, 0.15) is 91.9 Å². The van der Waals surface area contributed by atoms with Crippen LogP contribution in [0.4, 0.5) is 0 Å². The molecular weight excluding hydrogens is 524 g/mol. The summed E-state index contributed by atoms with van der Waals surface area (Å²) in [4.78, 5) is 0. The molecule has 4 rings (SSSR count). The van der Waals surface area contributed by atoms with Crippen LogP contribution in [0.5, 0.6) is 0 Å². The molecular formula is C33H54O8. The van der Waals surface area contributed by atoms with E-state index in [2.05, 4.69) is 32.6 Å². The Kier molecular flexibility index (Phi) is 10.6. The van der Waals surface area contributed by atoms with E-state index in [1.807, 2.05) is 13.8 Å². The Labute approximate surface area is 245 Å². The van der Waals surface area contributed by atoms with Crippen molar-refractivity contribution in [3.8, 4) is 0 Å². The molecule has 0 spiro atoms. The molecule has 1 heterocycles. The molecule has 0 aromatic rings. The maximum absolute atomic E-state index is 10.7. The second kappa shape index (κ2) is 13.3. The van der Waals surface area contributed by atoms with E-state index in [1.165, 1.54) is 31.3 Å². The summed E-state index contributed by atoms with van der Waals surface area (Å²) >= 11 is 0. The van der Waals surface area contributed by atoms with E-state index in [0.29, 0.717) is 29.7 Å². The third kappa shape index (κ3) is 7.35. The lowest BCUT2D eigenvalue weighted by molar-refractivity contribution is -0.309. The maximum atomic E-state index is 10.7. The maximum Gasteiger partial charge on any atom is 0.187 e. The van der Waals surface area contributed by atoms with E-state index < -0.39 is 55.1 Å². The average molecular weight is 579 g/mol. The smallest absolute Gasteiger partial charge is 0.187 e. The van der Waals surface area contributed by atoms with Gasteiger partial charge in [-0.15, -0.1) is 0 Å². The molecule has 234 valence electrons. The standard InChI is InChI=1S/C33H54O8/c1-19(8-6-14-32(3,4)39)24-12-13-25-21(9-7-15-33(24,25)5)10-11-22-16-23(35)17-26(20(22)2)40-31-30(38)29(37)28(36)27(18-34)41-31/h10-11,19,23-31,34-39H,2,6-9,12-18H2,1,3-5H3/b21-10+,22-11-/t19-,23-,24-,25+,26+,27-,28-,29+,30-,31-,33-/m1/s1. The zero-order chi connectivity index (χ0) is 30.1. The van der Waals surface area contributed by atoms with Crippen molar-refractivity contribution < 1.29 is 40.1 Å². The van der Waals surface area contributed by atoms with Gasteiger partial charge in [-0.2, -0.15) is 0 Å². The number of allylic oxidation sites excluding steroid dienone is 3. The molecule has 0 radical (unpaired) electrons. The van der Waals surface area contributed by atoms with E-state index >= 15 is 0 Å². The predicted octanol–water partition coefficient (Wildman–Crippen LogP) is 3.53. The topological polar surface area (TPSA) is 140 Å². The SMILES string of the molecule is C=C1/C(=C\C=C2/CCC[C@]3(C)[C@@H]([C@H](C)CCCC(C)(C)O)CC[C@@H]23)C[C@@H](O)C[C@@H]1O[C@@H]1O[C@H](CO)[C@@H](O)[C@H](O)[C@H]1O. The van der Waals surface area contributed by atoms with Crippen molar-refractivity contribution in [1.82, 2.24) is 0 Å². The number of fused-ring (bicyclic) bond motifs is 1. The van der Waals surface area contributed by atoms with Gasteiger partial charge in [-0.3, -0.25) is 0 Å². The van der Waals surface area contributed by atoms with E-state index in [1.54, 1.807) is 0 Å². The van der Waals surface area contributed by atoms with Gasteiger partial charge in [0.15, 0.2) is 6.29 Å². The Balaban J connectivity index is 1.44. The van der Waals surface area contributed by atoms with Crippen molar-refractivity contribution in [2.75, 3.05) is 6.61 Å². The number of aliphatic hydroxyl groups is 6. The van der Waals surface area contributed by atoms with E-state index in [9.17, 15) is 30.6 Å². The number of rotatable bonds is 9. The monoisotopic (exact) mass is 578 g/mol. The van der Waals surface area contributed by atoms with Gasteiger partial charge in [0.1, 0.15) is 24.4 Å². The minimum Gasteiger partial charge on any atom is -0.394 e.